The lowest BCUT2D eigenvalue weighted by Crippen LogP contribution is -2.53. The number of phenols is 1. The number of anilines is 2. The molecule has 7 amide bonds. The van der Waals surface area contributed by atoms with E-state index in [1.165, 1.54) is 30.8 Å². The molecule has 112 heavy (non-hydrogen) atoms. The molecule has 0 spiro atoms. The Balaban J connectivity index is 0.000000218. The van der Waals surface area contributed by atoms with Crippen LogP contribution in [0.5, 0.6) is 11.5 Å². The molecular formula is C81H113N10O20P. The van der Waals surface area contributed by atoms with Gasteiger partial charge < -0.3 is 100 Å². The molecule has 0 radical (unpaired) electrons. The predicted octanol–water partition coefficient (Wildman–Crippen LogP) is 6.69. The number of para-hydroxylation sites is 2. The third-order valence-electron chi connectivity index (χ3n) is 21.8. The molecule has 8 heterocycles. The van der Waals surface area contributed by atoms with Gasteiger partial charge in [-0.1, -0.05) is 91.0 Å². The van der Waals surface area contributed by atoms with Crippen molar-refractivity contribution >= 4 is 69.3 Å². The topological polar surface area (TPSA) is 394 Å². The Bertz CT molecular complexity index is 3850. The molecule has 8 aliphatic heterocycles. The zero-order valence-corrected chi connectivity index (χ0v) is 66.1. The van der Waals surface area contributed by atoms with E-state index in [2.05, 4.69) is 25.8 Å². The Labute approximate surface area is 657 Å². The Hall–Kier alpha value is -9.23. The summed E-state index contributed by atoms with van der Waals surface area (Å²) in [4.78, 5) is 112. The average molecular weight is 1580 g/mol. The van der Waals surface area contributed by atoms with Gasteiger partial charge in [0.15, 0.2) is 18.3 Å². The first-order valence-corrected chi connectivity index (χ1v) is 38.4. The van der Waals surface area contributed by atoms with Crippen LogP contribution in [0.2, 0.25) is 0 Å². The number of aromatic hydroxyl groups is 1. The summed E-state index contributed by atoms with van der Waals surface area (Å²) in [5, 5.41) is 62.1. The van der Waals surface area contributed by atoms with Crippen LogP contribution in [0, 0.1) is 27.7 Å². The fourth-order valence-corrected chi connectivity index (χ4v) is 15.6. The standard InChI is InChI=1S/C35H47N5O6.C33H37N3O6.C9H18N2O.C4H6O6.H2O.H3P/c1-24-21-26(22-25(2)32(24)41)23-31(33(42)38-12-8-28(9-13-38)37-17-19-45-20-18-37)46-35(44)39-14-10-29(11-15-39)40-16-7-27-5-3-4-6-30(27)36-34(40)43;1-22-18-25(19-23(2)30(22)41-21-24-8-4-3-5-9-24)20-29(31(37)38)42-33(40)35-15-13-27(14-16-35)36-17-12-26-10-6-7-11-28(26)34-32(36)39;1-3-10-4-2-9(1)11-5-7-12-8-6-11;5-1(3(7)8)2(6)4(9)10;;/h3-6,21-22,28-29,31,41H,7-20,23H2,1-2H3,(H,36,43);3-11,18-19,27,29H,12-17,20-21H2,1-2H3,(H,34,39)(H,37,38);9-10H,1-8H2;1-2,5-6H,(H,7,8)(H,9,10);1H2;1H3/t31-;29-;;1-,2-;;/m11.1../s1. The monoisotopic (exact) mass is 1580 g/mol. The van der Waals surface area contributed by atoms with Crippen molar-refractivity contribution < 1.29 is 98.2 Å². The zero-order valence-electron chi connectivity index (χ0n) is 64.7. The Morgan fingerprint density at radius 2 is 0.857 bits per heavy atom. The first kappa shape index (κ1) is 88.3. The van der Waals surface area contributed by atoms with Crippen LogP contribution in [0.4, 0.5) is 30.6 Å². The Morgan fingerprint density at radius 3 is 1.29 bits per heavy atom. The summed E-state index contributed by atoms with van der Waals surface area (Å²) in [5.74, 6) is -3.91. The van der Waals surface area contributed by atoms with Gasteiger partial charge in [-0.3, -0.25) is 14.6 Å². The lowest BCUT2D eigenvalue weighted by atomic mass is 9.99. The van der Waals surface area contributed by atoms with Crippen LogP contribution in [-0.2, 0) is 70.4 Å². The summed E-state index contributed by atoms with van der Waals surface area (Å²) in [5.41, 5.74) is 9.80. The number of rotatable bonds is 18. The van der Waals surface area contributed by atoms with E-state index in [0.29, 0.717) is 90.7 Å². The summed E-state index contributed by atoms with van der Waals surface area (Å²) >= 11 is 0. The van der Waals surface area contributed by atoms with Crippen molar-refractivity contribution in [3.8, 4) is 11.5 Å². The number of aliphatic carboxylic acids is 3. The summed E-state index contributed by atoms with van der Waals surface area (Å²) in [7, 11) is 0. The highest BCUT2D eigenvalue weighted by Crippen LogP contribution is 2.32. The van der Waals surface area contributed by atoms with Crippen LogP contribution >= 0.6 is 9.90 Å². The second kappa shape index (κ2) is 43.1. The molecule has 13 rings (SSSR count). The number of carboxylic acids is 3. The van der Waals surface area contributed by atoms with E-state index >= 15 is 0 Å². The highest BCUT2D eigenvalue weighted by atomic mass is 31.0. The van der Waals surface area contributed by atoms with Crippen molar-refractivity contribution in [2.75, 3.05) is 129 Å². The second-order valence-corrected chi connectivity index (χ2v) is 29.3. The van der Waals surface area contributed by atoms with Gasteiger partial charge in [0.05, 0.1) is 26.4 Å². The van der Waals surface area contributed by atoms with E-state index in [4.69, 9.17) is 44.1 Å². The summed E-state index contributed by atoms with van der Waals surface area (Å²) < 4.78 is 28.4. The van der Waals surface area contributed by atoms with E-state index in [9.17, 15) is 48.6 Å². The first-order chi connectivity index (χ1) is 53.0. The van der Waals surface area contributed by atoms with Gasteiger partial charge in [0.25, 0.3) is 5.91 Å². The van der Waals surface area contributed by atoms with Gasteiger partial charge in [-0.05, 0) is 167 Å². The number of carbonyl (C=O) groups excluding carboxylic acids is 5. The SMILES string of the molecule is C1CC(N2CCOCC2)CCN1.Cc1cc(C[C@@H](OC(=O)N2CCC(N3CCc4ccccc4NC3=O)CC2)C(=O)N2CCC(N3CCOCC3)CC2)cc(C)c1O.Cc1cc(C[C@@H](OC(=O)N2CCC(N3CCc4ccccc4NC3=O)CC2)C(=O)O)cc(C)c1OCc1ccccc1.O.O=C(O)[C@H](O)[C@@H](O)C(=O)O.P. The molecule has 11 N–H and O–H groups in total. The molecule has 0 aromatic heterocycles. The van der Waals surface area contributed by atoms with Crippen molar-refractivity contribution in [2.24, 2.45) is 0 Å². The quantitative estimate of drug-likeness (QED) is 0.0413. The highest BCUT2D eigenvalue weighted by Gasteiger charge is 2.39. The van der Waals surface area contributed by atoms with Crippen LogP contribution in [-0.4, -0.2) is 285 Å². The van der Waals surface area contributed by atoms with Crippen LogP contribution in [0.1, 0.15) is 101 Å². The van der Waals surface area contributed by atoms with Gasteiger partial charge in [0.2, 0.25) is 6.10 Å². The number of likely N-dealkylation sites (tertiary alicyclic amines) is 3. The van der Waals surface area contributed by atoms with Crippen LogP contribution < -0.4 is 20.7 Å². The summed E-state index contributed by atoms with van der Waals surface area (Å²) in [6.07, 6.45) is 0.734. The van der Waals surface area contributed by atoms with E-state index < -0.39 is 54.5 Å². The second-order valence-electron chi connectivity index (χ2n) is 29.3. The van der Waals surface area contributed by atoms with Crippen LogP contribution in [0.15, 0.2) is 103 Å². The largest absolute Gasteiger partial charge is 0.507 e. The van der Waals surface area contributed by atoms with Gasteiger partial charge >= 0.3 is 42.2 Å². The predicted molar refractivity (Wildman–Crippen MR) is 423 cm³/mol. The summed E-state index contributed by atoms with van der Waals surface area (Å²) in [6.45, 7) is 22.0. The van der Waals surface area contributed by atoms with E-state index in [-0.39, 0.29) is 64.0 Å². The lowest BCUT2D eigenvalue weighted by molar-refractivity contribution is -0.165. The molecule has 31 heteroatoms. The van der Waals surface area contributed by atoms with E-state index in [1.807, 2.05) is 146 Å². The fourth-order valence-electron chi connectivity index (χ4n) is 15.6. The third kappa shape index (κ3) is 24.6. The summed E-state index contributed by atoms with van der Waals surface area (Å²) in [6, 6.07) is 34.1. The minimum Gasteiger partial charge on any atom is -0.507 e. The zero-order chi connectivity index (χ0) is 78.4. The average Bonchev–Trinajstić information content (AvgIpc) is 1.78. The van der Waals surface area contributed by atoms with E-state index in [0.717, 1.165) is 152 Å². The molecule has 0 bridgehead atoms. The number of hydrogen-bond donors (Lipinski definition) is 9. The number of amides is 7. The van der Waals surface area contributed by atoms with Gasteiger partial charge in [0.1, 0.15) is 18.1 Å². The van der Waals surface area contributed by atoms with Crippen molar-refractivity contribution in [3.05, 3.63) is 153 Å². The number of carbonyl (C=O) groups is 8. The number of carboxylic acid groups (broad SMARTS) is 3. The van der Waals surface area contributed by atoms with Gasteiger partial charge in [-0.2, -0.15) is 9.90 Å². The van der Waals surface area contributed by atoms with Gasteiger partial charge in [-0.25, -0.2) is 33.6 Å². The first-order valence-electron chi connectivity index (χ1n) is 38.4. The van der Waals surface area contributed by atoms with Crippen molar-refractivity contribution in [1.82, 2.24) is 39.6 Å². The number of ether oxygens (including phenoxy) is 5. The molecule has 0 aliphatic carbocycles. The number of nitrogens with zero attached hydrogens (tertiary/aromatic N) is 7. The molecule has 5 aromatic carbocycles. The number of nitrogens with one attached hydrogen (secondary N) is 3. The number of aliphatic hydroxyl groups excluding tert-OH is 2. The number of benzene rings is 5. The molecule has 30 nitrogen and oxygen atoms in total. The number of aliphatic hydroxyl groups is 2. The number of hydrogen-bond acceptors (Lipinski definition) is 19. The minimum absolute atomic E-state index is 0. The number of aryl methyl sites for hydroxylation is 4. The highest BCUT2D eigenvalue weighted by molar-refractivity contribution is 6.92. The number of piperidine rings is 4. The third-order valence-corrected chi connectivity index (χ3v) is 21.8. The molecule has 1 unspecified atom stereocenters. The molecule has 0 saturated carbocycles. The molecule has 5 aromatic rings. The molecule has 6 saturated heterocycles. The molecule has 8 aliphatic rings. The maximum Gasteiger partial charge on any atom is 0.410 e. The molecular weight excluding hydrogens is 1460 g/mol. The molecule has 6 fully saturated rings. The fraction of sp³-hybridized carbons (Fsp3) is 0.531. The minimum atomic E-state index is -2.27. The molecule has 5 atom stereocenters. The van der Waals surface area contributed by atoms with Gasteiger partial charge in [-0.15, -0.1) is 0 Å². The van der Waals surface area contributed by atoms with E-state index in [1.54, 1.807) is 4.90 Å². The van der Waals surface area contributed by atoms with Crippen molar-refractivity contribution in [1.29, 1.82) is 0 Å². The normalized spacial score (nSPS) is 19.2. The Morgan fingerprint density at radius 1 is 0.473 bits per heavy atom. The number of fused-ring (bicyclic) bond motifs is 2. The molecule has 612 valence electrons. The number of phenolic OH excluding ortho intramolecular Hbond substituents is 1. The van der Waals surface area contributed by atoms with Crippen LogP contribution in [0.3, 0.4) is 0 Å². The van der Waals surface area contributed by atoms with Crippen molar-refractivity contribution in [3.63, 3.8) is 0 Å². The Kier molecular flexibility index (Phi) is 34.0. The van der Waals surface area contributed by atoms with Crippen LogP contribution in [0.25, 0.3) is 0 Å². The lowest BCUT2D eigenvalue weighted by Gasteiger charge is -2.41. The van der Waals surface area contributed by atoms with Crippen molar-refractivity contribution in [2.45, 2.75) is 160 Å². The number of urea groups is 2. The maximum atomic E-state index is 14.0. The number of morpholine rings is 2. The maximum absolute atomic E-state index is 14.0. The smallest absolute Gasteiger partial charge is 0.410 e. The van der Waals surface area contributed by atoms with Gasteiger partial charge in [0, 0.05) is 127 Å².